The highest BCUT2D eigenvalue weighted by molar-refractivity contribution is 6.42. The van der Waals surface area contributed by atoms with E-state index in [0.717, 1.165) is 0 Å². The van der Waals surface area contributed by atoms with Crippen molar-refractivity contribution in [2.45, 2.75) is 18.6 Å². The lowest BCUT2D eigenvalue weighted by Crippen LogP contribution is -2.18. The largest absolute Gasteiger partial charge is 0.390 e. The van der Waals surface area contributed by atoms with Crippen molar-refractivity contribution in [2.75, 3.05) is 5.88 Å². The molecular formula is C10H11Cl3O2. The monoisotopic (exact) mass is 268 g/mol. The Kier molecular flexibility index (Phi) is 5.16. The van der Waals surface area contributed by atoms with Gasteiger partial charge in [0, 0.05) is 5.88 Å². The van der Waals surface area contributed by atoms with Gasteiger partial charge >= 0.3 is 0 Å². The van der Waals surface area contributed by atoms with Gasteiger partial charge in [0.2, 0.25) is 0 Å². The van der Waals surface area contributed by atoms with E-state index < -0.39 is 12.2 Å². The van der Waals surface area contributed by atoms with Crippen LogP contribution in [-0.4, -0.2) is 22.2 Å². The Morgan fingerprint density at radius 3 is 2.33 bits per heavy atom. The zero-order valence-corrected chi connectivity index (χ0v) is 10.1. The third-order valence-electron chi connectivity index (χ3n) is 2.05. The van der Waals surface area contributed by atoms with Crippen LogP contribution in [-0.2, 0) is 0 Å². The van der Waals surface area contributed by atoms with Gasteiger partial charge in [-0.2, -0.15) is 0 Å². The van der Waals surface area contributed by atoms with Gasteiger partial charge in [0.25, 0.3) is 0 Å². The molecule has 15 heavy (non-hydrogen) atoms. The molecule has 2 nitrogen and oxygen atoms in total. The predicted molar refractivity (Wildman–Crippen MR) is 62.8 cm³/mol. The smallest absolute Gasteiger partial charge is 0.105 e. The van der Waals surface area contributed by atoms with Gasteiger partial charge in [0.05, 0.1) is 16.1 Å². The van der Waals surface area contributed by atoms with Gasteiger partial charge in [0.15, 0.2) is 0 Å². The van der Waals surface area contributed by atoms with Crippen LogP contribution >= 0.6 is 34.8 Å². The molecule has 0 fully saturated rings. The van der Waals surface area contributed by atoms with E-state index in [0.29, 0.717) is 27.9 Å². The molecule has 0 radical (unpaired) electrons. The maximum atomic E-state index is 9.73. The van der Waals surface area contributed by atoms with Gasteiger partial charge in [-0.3, -0.25) is 0 Å². The Labute approximate surface area is 103 Å². The van der Waals surface area contributed by atoms with Crippen molar-refractivity contribution in [1.82, 2.24) is 0 Å². The SMILES string of the molecule is OC(CCCl)C(O)c1ccc(Cl)c(Cl)c1. The van der Waals surface area contributed by atoms with Crippen LogP contribution in [0.5, 0.6) is 0 Å². The number of aliphatic hydroxyl groups excluding tert-OH is 2. The van der Waals surface area contributed by atoms with Crippen molar-refractivity contribution in [3.05, 3.63) is 33.8 Å². The summed E-state index contributed by atoms with van der Waals surface area (Å²) in [5.74, 6) is 0.291. The van der Waals surface area contributed by atoms with Crippen LogP contribution in [0.25, 0.3) is 0 Å². The molecule has 84 valence electrons. The minimum atomic E-state index is -0.987. The zero-order chi connectivity index (χ0) is 11.4. The van der Waals surface area contributed by atoms with Crippen LogP contribution in [0.2, 0.25) is 10.0 Å². The maximum absolute atomic E-state index is 9.73. The first-order chi connectivity index (χ1) is 7.06. The Morgan fingerprint density at radius 2 is 1.80 bits per heavy atom. The summed E-state index contributed by atoms with van der Waals surface area (Å²) < 4.78 is 0. The summed E-state index contributed by atoms with van der Waals surface area (Å²) in [6.07, 6.45) is -1.55. The first-order valence-corrected chi connectivity index (χ1v) is 5.72. The lowest BCUT2D eigenvalue weighted by molar-refractivity contribution is 0.0170. The second-order valence-corrected chi connectivity index (χ2v) is 4.36. The van der Waals surface area contributed by atoms with E-state index in [1.54, 1.807) is 12.1 Å². The Bertz CT molecular complexity index is 330. The predicted octanol–water partition coefficient (Wildman–Crippen LogP) is 3.02. The molecular weight excluding hydrogens is 258 g/mol. The zero-order valence-electron chi connectivity index (χ0n) is 7.83. The van der Waals surface area contributed by atoms with E-state index in [1.165, 1.54) is 6.07 Å². The van der Waals surface area contributed by atoms with Crippen LogP contribution in [0.1, 0.15) is 18.1 Å². The summed E-state index contributed by atoms with van der Waals surface area (Å²) in [6.45, 7) is 0. The van der Waals surface area contributed by atoms with E-state index in [4.69, 9.17) is 34.8 Å². The third kappa shape index (κ3) is 3.51. The number of hydrogen-bond donors (Lipinski definition) is 2. The number of halogens is 3. The van der Waals surface area contributed by atoms with Gasteiger partial charge in [-0.25, -0.2) is 0 Å². The minimum absolute atomic E-state index is 0.291. The van der Waals surface area contributed by atoms with E-state index in [2.05, 4.69) is 0 Å². The molecule has 0 spiro atoms. The molecule has 2 N–H and O–H groups in total. The molecule has 2 atom stereocenters. The minimum Gasteiger partial charge on any atom is -0.390 e. The van der Waals surface area contributed by atoms with Crippen LogP contribution in [0, 0.1) is 0 Å². The highest BCUT2D eigenvalue weighted by atomic mass is 35.5. The van der Waals surface area contributed by atoms with Gasteiger partial charge in [-0.15, -0.1) is 11.6 Å². The Morgan fingerprint density at radius 1 is 1.13 bits per heavy atom. The molecule has 2 unspecified atom stereocenters. The summed E-state index contributed by atoms with van der Waals surface area (Å²) in [4.78, 5) is 0. The molecule has 0 heterocycles. The van der Waals surface area contributed by atoms with Gasteiger partial charge in [-0.05, 0) is 24.1 Å². The first-order valence-electron chi connectivity index (χ1n) is 4.43. The standard InChI is InChI=1S/C10H11Cl3O2/c11-4-3-9(14)10(15)6-1-2-7(12)8(13)5-6/h1-2,5,9-10,14-15H,3-4H2. The molecule has 0 saturated carbocycles. The Balaban J connectivity index is 2.81. The fourth-order valence-electron chi connectivity index (χ4n) is 1.19. The van der Waals surface area contributed by atoms with Crippen LogP contribution in [0.15, 0.2) is 18.2 Å². The lowest BCUT2D eigenvalue weighted by Gasteiger charge is -2.17. The highest BCUT2D eigenvalue weighted by Crippen LogP contribution is 2.27. The quantitative estimate of drug-likeness (QED) is 0.825. The second-order valence-electron chi connectivity index (χ2n) is 3.16. The van der Waals surface area contributed by atoms with Gasteiger partial charge < -0.3 is 10.2 Å². The normalized spacial score (nSPS) is 15.0. The molecule has 0 amide bonds. The fourth-order valence-corrected chi connectivity index (χ4v) is 1.72. The fraction of sp³-hybridized carbons (Fsp3) is 0.400. The molecule has 0 saturated heterocycles. The number of rotatable bonds is 4. The average molecular weight is 270 g/mol. The lowest BCUT2D eigenvalue weighted by atomic mass is 10.0. The van der Waals surface area contributed by atoms with Crippen molar-refractivity contribution in [3.63, 3.8) is 0 Å². The molecule has 1 aromatic rings. The van der Waals surface area contributed by atoms with Crippen molar-refractivity contribution in [3.8, 4) is 0 Å². The van der Waals surface area contributed by atoms with Crippen LogP contribution in [0.3, 0.4) is 0 Å². The molecule has 1 rings (SSSR count). The molecule has 0 aliphatic rings. The van der Waals surface area contributed by atoms with Crippen molar-refractivity contribution < 1.29 is 10.2 Å². The summed E-state index contributed by atoms with van der Waals surface area (Å²) in [5, 5.41) is 20.0. The molecule has 5 heteroatoms. The van der Waals surface area contributed by atoms with Crippen molar-refractivity contribution >= 4 is 34.8 Å². The topological polar surface area (TPSA) is 40.5 Å². The summed E-state index contributed by atoms with van der Waals surface area (Å²) >= 11 is 17.0. The molecule has 0 bridgehead atoms. The highest BCUT2D eigenvalue weighted by Gasteiger charge is 2.18. The molecule has 0 aromatic heterocycles. The molecule has 0 aliphatic heterocycles. The average Bonchev–Trinajstić information content (AvgIpc) is 2.21. The number of aliphatic hydroxyl groups is 2. The van der Waals surface area contributed by atoms with Crippen molar-refractivity contribution in [2.24, 2.45) is 0 Å². The van der Waals surface area contributed by atoms with Crippen molar-refractivity contribution in [1.29, 1.82) is 0 Å². The number of alkyl halides is 1. The van der Waals surface area contributed by atoms with Gasteiger partial charge in [-0.1, -0.05) is 29.3 Å². The van der Waals surface area contributed by atoms with Gasteiger partial charge in [0.1, 0.15) is 6.10 Å². The number of benzene rings is 1. The summed E-state index contributed by atoms with van der Waals surface area (Å²) in [5.41, 5.74) is 0.530. The van der Waals surface area contributed by atoms with E-state index >= 15 is 0 Å². The molecule has 0 aliphatic carbocycles. The van der Waals surface area contributed by atoms with E-state index in [9.17, 15) is 10.2 Å². The Hall–Kier alpha value is 0.01000. The van der Waals surface area contributed by atoms with Crippen LogP contribution < -0.4 is 0 Å². The number of hydrogen-bond acceptors (Lipinski definition) is 2. The third-order valence-corrected chi connectivity index (χ3v) is 3.01. The first kappa shape index (κ1) is 13.1. The summed E-state index contributed by atoms with van der Waals surface area (Å²) in [7, 11) is 0. The second kappa shape index (κ2) is 5.92. The van der Waals surface area contributed by atoms with E-state index in [1.807, 2.05) is 0 Å². The van der Waals surface area contributed by atoms with E-state index in [-0.39, 0.29) is 0 Å². The maximum Gasteiger partial charge on any atom is 0.105 e. The van der Waals surface area contributed by atoms with Crippen LogP contribution in [0.4, 0.5) is 0 Å². The summed E-state index contributed by atoms with van der Waals surface area (Å²) in [6, 6.07) is 4.73. The molecule has 1 aromatic carbocycles.